The number of nitrogens with zero attached hydrogens (tertiary/aromatic N) is 1. The number of carbonyl (C=O) groups excluding carboxylic acids is 1. The van der Waals surface area contributed by atoms with Crippen LogP contribution in [0.2, 0.25) is 0 Å². The fourth-order valence-corrected chi connectivity index (χ4v) is 2.78. The summed E-state index contributed by atoms with van der Waals surface area (Å²) in [6, 6.07) is 3.74. The molecule has 3 aromatic rings. The second-order valence-corrected chi connectivity index (χ2v) is 5.34. The van der Waals surface area contributed by atoms with E-state index in [2.05, 4.69) is 14.7 Å². The van der Waals surface area contributed by atoms with Crippen LogP contribution in [0, 0.1) is 11.6 Å². The number of esters is 1. The van der Waals surface area contributed by atoms with Crippen molar-refractivity contribution in [2.45, 2.75) is 10.9 Å². The molecule has 2 aromatic heterocycles. The number of fused-ring (bicyclic) bond motifs is 1. The summed E-state index contributed by atoms with van der Waals surface area (Å²) in [5.74, 6) is -1.92. The standard InChI is InChI=1S/C14H10F2N2O3S/c1-20-13(19)12-7(2-3-21-12)6-22-14-17-10-4-8(15)9(16)5-11(10)18-14/h2-5H,6H2,1H3,(H,17,18). The van der Waals surface area contributed by atoms with Crippen molar-refractivity contribution in [1.82, 2.24) is 9.97 Å². The topological polar surface area (TPSA) is 68.1 Å². The number of thioether (sulfide) groups is 1. The number of benzene rings is 1. The summed E-state index contributed by atoms with van der Waals surface area (Å²) in [5, 5.41) is 0.483. The molecule has 22 heavy (non-hydrogen) atoms. The van der Waals surface area contributed by atoms with Crippen molar-refractivity contribution < 1.29 is 22.7 Å². The smallest absolute Gasteiger partial charge is 0.374 e. The normalized spacial score (nSPS) is 11.0. The van der Waals surface area contributed by atoms with Crippen molar-refractivity contribution in [3.05, 3.63) is 47.4 Å². The first kappa shape index (κ1) is 14.6. The number of rotatable bonds is 4. The van der Waals surface area contributed by atoms with E-state index in [9.17, 15) is 13.6 Å². The molecule has 0 saturated carbocycles. The van der Waals surface area contributed by atoms with E-state index in [4.69, 9.17) is 4.42 Å². The molecular weight excluding hydrogens is 314 g/mol. The largest absolute Gasteiger partial charge is 0.463 e. The summed E-state index contributed by atoms with van der Waals surface area (Å²) < 4.78 is 36.0. The van der Waals surface area contributed by atoms with Crippen LogP contribution in [-0.4, -0.2) is 23.0 Å². The summed E-state index contributed by atoms with van der Waals surface area (Å²) in [7, 11) is 1.27. The van der Waals surface area contributed by atoms with E-state index in [1.165, 1.54) is 25.1 Å². The summed E-state index contributed by atoms with van der Waals surface area (Å²) >= 11 is 1.28. The predicted molar refractivity (Wildman–Crippen MR) is 75.6 cm³/mol. The van der Waals surface area contributed by atoms with Gasteiger partial charge in [0.15, 0.2) is 16.8 Å². The number of furan rings is 1. The maximum atomic E-state index is 13.2. The molecule has 0 fully saturated rings. The summed E-state index contributed by atoms with van der Waals surface area (Å²) in [5.41, 5.74) is 1.39. The van der Waals surface area contributed by atoms with Gasteiger partial charge in [-0.25, -0.2) is 18.6 Å². The number of H-pyrrole nitrogens is 1. The number of aromatic amines is 1. The first-order valence-corrected chi connectivity index (χ1v) is 7.19. The van der Waals surface area contributed by atoms with Gasteiger partial charge in [-0.15, -0.1) is 0 Å². The lowest BCUT2D eigenvalue weighted by Crippen LogP contribution is -2.02. The van der Waals surface area contributed by atoms with E-state index in [1.807, 2.05) is 0 Å². The van der Waals surface area contributed by atoms with E-state index in [-0.39, 0.29) is 5.76 Å². The molecule has 0 aliphatic carbocycles. The third kappa shape index (κ3) is 2.69. The Bertz CT molecular complexity index is 805. The number of ether oxygens (including phenoxy) is 1. The molecule has 3 rings (SSSR count). The Morgan fingerprint density at radius 1 is 1.41 bits per heavy atom. The molecule has 5 nitrogen and oxygen atoms in total. The highest BCUT2D eigenvalue weighted by molar-refractivity contribution is 7.98. The number of nitrogens with one attached hydrogen (secondary N) is 1. The van der Waals surface area contributed by atoms with Gasteiger partial charge in [0.05, 0.1) is 24.4 Å². The molecule has 0 bridgehead atoms. The second kappa shape index (κ2) is 5.80. The molecule has 1 N–H and O–H groups in total. The van der Waals surface area contributed by atoms with Gasteiger partial charge in [0.2, 0.25) is 5.76 Å². The highest BCUT2D eigenvalue weighted by Gasteiger charge is 2.16. The monoisotopic (exact) mass is 324 g/mol. The van der Waals surface area contributed by atoms with Crippen molar-refractivity contribution in [2.24, 2.45) is 0 Å². The van der Waals surface area contributed by atoms with Gasteiger partial charge in [0.25, 0.3) is 0 Å². The van der Waals surface area contributed by atoms with E-state index in [0.29, 0.717) is 27.5 Å². The average Bonchev–Trinajstić information content (AvgIpc) is 3.11. The van der Waals surface area contributed by atoms with Crippen molar-refractivity contribution in [3.63, 3.8) is 0 Å². The molecule has 8 heteroatoms. The van der Waals surface area contributed by atoms with Gasteiger partial charge in [-0.05, 0) is 6.07 Å². The van der Waals surface area contributed by atoms with Gasteiger partial charge < -0.3 is 14.1 Å². The van der Waals surface area contributed by atoms with E-state index >= 15 is 0 Å². The minimum Gasteiger partial charge on any atom is -0.463 e. The molecule has 0 atom stereocenters. The van der Waals surface area contributed by atoms with Crippen molar-refractivity contribution in [3.8, 4) is 0 Å². The van der Waals surface area contributed by atoms with Crippen LogP contribution in [0.3, 0.4) is 0 Å². The predicted octanol–water partition coefficient (Wildman–Crippen LogP) is 3.51. The number of halogens is 2. The van der Waals surface area contributed by atoms with Crippen LogP contribution in [0.5, 0.6) is 0 Å². The Balaban J connectivity index is 1.80. The molecule has 1 aromatic carbocycles. The van der Waals surface area contributed by atoms with Gasteiger partial charge in [0.1, 0.15) is 0 Å². The van der Waals surface area contributed by atoms with E-state index in [0.717, 1.165) is 12.1 Å². The molecule has 0 unspecified atom stereocenters. The van der Waals surface area contributed by atoms with Gasteiger partial charge >= 0.3 is 5.97 Å². The second-order valence-electron chi connectivity index (χ2n) is 4.38. The van der Waals surface area contributed by atoms with E-state index in [1.54, 1.807) is 6.07 Å². The fraction of sp³-hybridized carbons (Fsp3) is 0.143. The van der Waals surface area contributed by atoms with Crippen molar-refractivity contribution in [1.29, 1.82) is 0 Å². The molecule has 0 amide bonds. The van der Waals surface area contributed by atoms with Gasteiger partial charge in [-0.2, -0.15) is 0 Å². The van der Waals surface area contributed by atoms with Gasteiger partial charge in [0, 0.05) is 23.4 Å². The Morgan fingerprint density at radius 3 is 2.95 bits per heavy atom. The lowest BCUT2D eigenvalue weighted by Gasteiger charge is -1.99. The number of methoxy groups -OCH3 is 1. The molecule has 0 aliphatic heterocycles. The molecule has 0 aliphatic rings. The lowest BCUT2D eigenvalue weighted by molar-refractivity contribution is 0.0564. The third-order valence-electron chi connectivity index (χ3n) is 2.98. The number of imidazole rings is 1. The van der Waals surface area contributed by atoms with Crippen LogP contribution >= 0.6 is 11.8 Å². The molecule has 2 heterocycles. The molecule has 114 valence electrons. The Kier molecular flexibility index (Phi) is 3.84. The molecule has 0 saturated heterocycles. The zero-order chi connectivity index (χ0) is 15.7. The SMILES string of the molecule is COC(=O)c1occc1CSc1nc2cc(F)c(F)cc2[nH]1. The Morgan fingerprint density at radius 2 is 2.18 bits per heavy atom. The lowest BCUT2D eigenvalue weighted by atomic mass is 10.3. The van der Waals surface area contributed by atoms with E-state index < -0.39 is 17.6 Å². The van der Waals surface area contributed by atoms with Crippen molar-refractivity contribution in [2.75, 3.05) is 7.11 Å². The number of carbonyl (C=O) groups is 1. The fourth-order valence-electron chi connectivity index (χ4n) is 1.92. The molecular formula is C14H10F2N2O3S. The number of hydrogen-bond donors (Lipinski definition) is 1. The number of aromatic nitrogens is 2. The summed E-state index contributed by atoms with van der Waals surface area (Å²) in [6.07, 6.45) is 1.39. The maximum absolute atomic E-state index is 13.2. The minimum absolute atomic E-state index is 0.128. The first-order chi connectivity index (χ1) is 10.6. The zero-order valence-corrected chi connectivity index (χ0v) is 12.2. The van der Waals surface area contributed by atoms with Crippen molar-refractivity contribution >= 4 is 28.8 Å². The van der Waals surface area contributed by atoms with Crippen LogP contribution < -0.4 is 0 Å². The quantitative estimate of drug-likeness (QED) is 0.587. The third-order valence-corrected chi connectivity index (χ3v) is 3.91. The number of hydrogen-bond acceptors (Lipinski definition) is 5. The van der Waals surface area contributed by atoms with Crippen LogP contribution in [0.4, 0.5) is 8.78 Å². The summed E-state index contributed by atoms with van der Waals surface area (Å²) in [6.45, 7) is 0. The zero-order valence-electron chi connectivity index (χ0n) is 11.4. The van der Waals surface area contributed by atoms with Crippen LogP contribution in [0.25, 0.3) is 11.0 Å². The maximum Gasteiger partial charge on any atom is 0.374 e. The minimum atomic E-state index is -0.946. The summed E-state index contributed by atoms with van der Waals surface area (Å²) in [4.78, 5) is 18.5. The van der Waals surface area contributed by atoms with Gasteiger partial charge in [-0.1, -0.05) is 11.8 Å². The van der Waals surface area contributed by atoms with Crippen LogP contribution in [0.15, 0.2) is 34.0 Å². The molecule has 0 spiro atoms. The molecule has 0 radical (unpaired) electrons. The van der Waals surface area contributed by atoms with Crippen LogP contribution in [0.1, 0.15) is 16.1 Å². The highest BCUT2D eigenvalue weighted by atomic mass is 32.2. The highest BCUT2D eigenvalue weighted by Crippen LogP contribution is 2.26. The Labute approximate surface area is 127 Å². The average molecular weight is 324 g/mol. The van der Waals surface area contributed by atoms with Crippen LogP contribution in [-0.2, 0) is 10.5 Å². The first-order valence-electron chi connectivity index (χ1n) is 6.20. The Hall–Kier alpha value is -2.35. The van der Waals surface area contributed by atoms with Gasteiger partial charge in [-0.3, -0.25) is 0 Å².